The molecule has 0 atom stereocenters. The summed E-state index contributed by atoms with van der Waals surface area (Å²) in [6.45, 7) is 5.75. The fourth-order valence-electron chi connectivity index (χ4n) is 1.25. The summed E-state index contributed by atoms with van der Waals surface area (Å²) in [5.41, 5.74) is 0. The highest BCUT2D eigenvalue weighted by atomic mass is 32.2. The molecule has 0 spiro atoms. The minimum absolute atomic E-state index is 0.662. The molecule has 0 unspecified atom stereocenters. The molecule has 0 aliphatic carbocycles. The highest BCUT2D eigenvalue weighted by molar-refractivity contribution is 7.98. The SMILES string of the molecule is CCCCCSOCCOCCOCCCSC. The average molecular weight is 296 g/mol. The van der Waals surface area contributed by atoms with Crippen LogP contribution >= 0.6 is 23.8 Å². The molecule has 0 heterocycles. The maximum Gasteiger partial charge on any atom is 0.0847 e. The molecule has 0 bridgehead atoms. The number of rotatable bonds is 15. The van der Waals surface area contributed by atoms with Crippen LogP contribution in [-0.2, 0) is 13.7 Å². The molecule has 0 saturated heterocycles. The number of thioether (sulfide) groups is 1. The third-order valence-corrected chi connectivity index (χ3v) is 3.72. The molecule has 0 fully saturated rings. The molecular formula is C13H28O3S2. The Labute approximate surface area is 121 Å². The van der Waals surface area contributed by atoms with Gasteiger partial charge in [-0.1, -0.05) is 19.8 Å². The molecular weight excluding hydrogens is 268 g/mol. The van der Waals surface area contributed by atoms with Gasteiger partial charge in [-0.25, -0.2) is 0 Å². The zero-order valence-electron chi connectivity index (χ0n) is 11.8. The smallest absolute Gasteiger partial charge is 0.0847 e. The molecule has 0 saturated carbocycles. The van der Waals surface area contributed by atoms with Crippen LogP contribution in [0.25, 0.3) is 0 Å². The van der Waals surface area contributed by atoms with Gasteiger partial charge < -0.3 is 13.7 Å². The van der Waals surface area contributed by atoms with Gasteiger partial charge in [0.1, 0.15) is 0 Å². The molecule has 3 nitrogen and oxygen atoms in total. The lowest BCUT2D eigenvalue weighted by atomic mass is 10.3. The molecule has 0 amide bonds. The topological polar surface area (TPSA) is 27.7 Å². The molecule has 0 aliphatic rings. The lowest BCUT2D eigenvalue weighted by Crippen LogP contribution is -2.08. The van der Waals surface area contributed by atoms with Crippen molar-refractivity contribution in [3.63, 3.8) is 0 Å². The van der Waals surface area contributed by atoms with Crippen LogP contribution in [0, 0.1) is 0 Å². The summed E-state index contributed by atoms with van der Waals surface area (Å²) in [4.78, 5) is 0. The van der Waals surface area contributed by atoms with E-state index in [4.69, 9.17) is 13.7 Å². The Morgan fingerprint density at radius 1 is 0.778 bits per heavy atom. The third kappa shape index (κ3) is 16.6. The minimum atomic E-state index is 0.662. The normalized spacial score (nSPS) is 11.0. The molecule has 18 heavy (non-hydrogen) atoms. The van der Waals surface area contributed by atoms with Gasteiger partial charge in [-0.2, -0.15) is 11.8 Å². The van der Waals surface area contributed by atoms with Crippen LogP contribution in [0.1, 0.15) is 32.6 Å². The van der Waals surface area contributed by atoms with Crippen molar-refractivity contribution < 1.29 is 13.7 Å². The van der Waals surface area contributed by atoms with Crippen LogP contribution in [0.2, 0.25) is 0 Å². The Kier molecular flexibility index (Phi) is 18.1. The predicted molar refractivity (Wildman–Crippen MR) is 82.6 cm³/mol. The Bertz CT molecular complexity index is 132. The van der Waals surface area contributed by atoms with Crippen molar-refractivity contribution in [3.05, 3.63) is 0 Å². The number of hydrogen-bond acceptors (Lipinski definition) is 5. The maximum atomic E-state index is 5.42. The van der Waals surface area contributed by atoms with E-state index in [0.717, 1.165) is 18.8 Å². The summed E-state index contributed by atoms with van der Waals surface area (Å²) in [7, 11) is 0. The summed E-state index contributed by atoms with van der Waals surface area (Å²) >= 11 is 3.41. The first-order chi connectivity index (χ1) is 8.91. The van der Waals surface area contributed by atoms with E-state index in [0.29, 0.717) is 26.4 Å². The van der Waals surface area contributed by atoms with Gasteiger partial charge in [0.05, 0.1) is 26.4 Å². The summed E-state index contributed by atoms with van der Waals surface area (Å²) < 4.78 is 16.2. The van der Waals surface area contributed by atoms with Gasteiger partial charge in [-0.15, -0.1) is 0 Å². The molecule has 110 valence electrons. The van der Waals surface area contributed by atoms with Gasteiger partial charge >= 0.3 is 0 Å². The quantitative estimate of drug-likeness (QED) is 0.340. The van der Waals surface area contributed by atoms with E-state index in [-0.39, 0.29) is 0 Å². The Morgan fingerprint density at radius 2 is 1.50 bits per heavy atom. The molecule has 0 aromatic carbocycles. The lowest BCUT2D eigenvalue weighted by molar-refractivity contribution is 0.0390. The lowest BCUT2D eigenvalue weighted by Gasteiger charge is -2.06. The zero-order chi connectivity index (χ0) is 13.3. The summed E-state index contributed by atoms with van der Waals surface area (Å²) in [6.07, 6.45) is 7.04. The predicted octanol–water partition coefficient (Wildman–Crippen LogP) is 3.63. The van der Waals surface area contributed by atoms with E-state index in [9.17, 15) is 0 Å². The second-order valence-electron chi connectivity index (χ2n) is 3.92. The molecule has 0 N–H and O–H groups in total. The van der Waals surface area contributed by atoms with Crippen molar-refractivity contribution >= 4 is 23.8 Å². The zero-order valence-corrected chi connectivity index (χ0v) is 13.5. The largest absolute Gasteiger partial charge is 0.379 e. The van der Waals surface area contributed by atoms with Crippen molar-refractivity contribution in [3.8, 4) is 0 Å². The van der Waals surface area contributed by atoms with Gasteiger partial charge in [0, 0.05) is 12.4 Å². The van der Waals surface area contributed by atoms with E-state index >= 15 is 0 Å². The van der Waals surface area contributed by atoms with Gasteiger partial charge in [-0.3, -0.25) is 0 Å². The second-order valence-corrected chi connectivity index (χ2v) is 5.79. The van der Waals surface area contributed by atoms with Gasteiger partial charge in [0.15, 0.2) is 0 Å². The van der Waals surface area contributed by atoms with Crippen LogP contribution in [0.5, 0.6) is 0 Å². The number of unbranched alkanes of at least 4 members (excludes halogenated alkanes) is 2. The van der Waals surface area contributed by atoms with Gasteiger partial charge in [0.25, 0.3) is 0 Å². The molecule has 0 aromatic heterocycles. The van der Waals surface area contributed by atoms with E-state index in [1.165, 1.54) is 25.0 Å². The highest BCUT2D eigenvalue weighted by Crippen LogP contribution is 2.06. The van der Waals surface area contributed by atoms with E-state index in [2.05, 4.69) is 13.2 Å². The van der Waals surface area contributed by atoms with E-state index < -0.39 is 0 Å². The van der Waals surface area contributed by atoms with Gasteiger partial charge in [0.2, 0.25) is 0 Å². The van der Waals surface area contributed by atoms with Crippen molar-refractivity contribution in [2.24, 2.45) is 0 Å². The molecule has 5 heteroatoms. The van der Waals surface area contributed by atoms with Crippen LogP contribution in [0.3, 0.4) is 0 Å². The minimum Gasteiger partial charge on any atom is -0.379 e. The van der Waals surface area contributed by atoms with Gasteiger partial charge in [-0.05, 0) is 36.9 Å². The van der Waals surface area contributed by atoms with Crippen LogP contribution < -0.4 is 0 Å². The monoisotopic (exact) mass is 296 g/mol. The summed E-state index contributed by atoms with van der Waals surface area (Å²) in [6, 6.07) is 0. The molecule has 0 radical (unpaired) electrons. The Balaban J connectivity index is 2.86. The Hall–Kier alpha value is 0.580. The van der Waals surface area contributed by atoms with E-state index in [1.54, 1.807) is 12.0 Å². The average Bonchev–Trinajstić information content (AvgIpc) is 2.39. The second kappa shape index (κ2) is 17.6. The fourth-order valence-corrected chi connectivity index (χ4v) is 2.28. The van der Waals surface area contributed by atoms with Crippen molar-refractivity contribution in [2.75, 3.05) is 50.8 Å². The Morgan fingerprint density at radius 3 is 2.22 bits per heavy atom. The van der Waals surface area contributed by atoms with Crippen molar-refractivity contribution in [2.45, 2.75) is 32.6 Å². The van der Waals surface area contributed by atoms with E-state index in [1.807, 2.05) is 11.8 Å². The third-order valence-electron chi connectivity index (χ3n) is 2.23. The van der Waals surface area contributed by atoms with Crippen molar-refractivity contribution in [1.29, 1.82) is 0 Å². The summed E-state index contributed by atoms with van der Waals surface area (Å²) in [5.74, 6) is 2.26. The molecule has 0 aromatic rings. The fraction of sp³-hybridized carbons (Fsp3) is 1.00. The molecule has 0 aliphatic heterocycles. The summed E-state index contributed by atoms with van der Waals surface area (Å²) in [5, 5.41) is 0. The van der Waals surface area contributed by atoms with Crippen LogP contribution in [-0.4, -0.2) is 50.8 Å². The standard InChI is InChI=1S/C13H28O3S2/c1-3-4-5-13-18-16-11-10-15-9-8-14-7-6-12-17-2/h3-13H2,1-2H3. The molecule has 0 rings (SSSR count). The number of hydrogen-bond donors (Lipinski definition) is 0. The number of ether oxygens (including phenoxy) is 2. The highest BCUT2D eigenvalue weighted by Gasteiger charge is 1.93. The first-order valence-corrected chi connectivity index (χ1v) is 9.11. The first-order valence-electron chi connectivity index (χ1n) is 6.80. The van der Waals surface area contributed by atoms with Crippen molar-refractivity contribution in [1.82, 2.24) is 0 Å². The maximum absolute atomic E-state index is 5.42. The van der Waals surface area contributed by atoms with Crippen LogP contribution in [0.15, 0.2) is 0 Å². The first kappa shape index (κ1) is 18.6. The van der Waals surface area contributed by atoms with Crippen LogP contribution in [0.4, 0.5) is 0 Å².